The van der Waals surface area contributed by atoms with Crippen molar-refractivity contribution in [2.45, 2.75) is 32.9 Å². The molecule has 1 aromatic carbocycles. The molecule has 0 saturated carbocycles. The molecular weight excluding hydrogens is 200 g/mol. The van der Waals surface area contributed by atoms with E-state index in [2.05, 4.69) is 4.98 Å². The number of hydrogen-bond donors (Lipinski definition) is 2. The average molecular weight is 218 g/mol. The molecule has 0 radical (unpaired) electrons. The van der Waals surface area contributed by atoms with Crippen LogP contribution in [0.5, 0.6) is 5.75 Å². The largest absolute Gasteiger partial charge is 0.490 e. The third-order valence-corrected chi connectivity index (χ3v) is 2.55. The van der Waals surface area contributed by atoms with Crippen molar-refractivity contribution in [1.82, 2.24) is 4.98 Å². The highest BCUT2D eigenvalue weighted by Crippen LogP contribution is 2.31. The Morgan fingerprint density at radius 2 is 2.00 bits per heavy atom. The van der Waals surface area contributed by atoms with Crippen molar-refractivity contribution in [1.29, 1.82) is 0 Å². The minimum Gasteiger partial charge on any atom is -0.490 e. The minimum absolute atomic E-state index is 0.00524. The van der Waals surface area contributed by atoms with Gasteiger partial charge < -0.3 is 15.5 Å². The van der Waals surface area contributed by atoms with Gasteiger partial charge in [0.15, 0.2) is 0 Å². The molecule has 1 atom stereocenters. The molecule has 0 aliphatic heterocycles. The molecule has 0 aliphatic carbocycles. The first-order valence-electron chi connectivity index (χ1n) is 5.62. The number of aromatic amines is 1. The van der Waals surface area contributed by atoms with Crippen LogP contribution in [0.4, 0.5) is 0 Å². The Bertz CT molecular complexity index is 486. The van der Waals surface area contributed by atoms with Crippen LogP contribution in [-0.2, 0) is 0 Å². The predicted molar refractivity (Wildman–Crippen MR) is 66.7 cm³/mol. The van der Waals surface area contributed by atoms with Crippen LogP contribution in [0.1, 0.15) is 32.4 Å². The van der Waals surface area contributed by atoms with Crippen LogP contribution in [0.2, 0.25) is 0 Å². The second kappa shape index (κ2) is 4.18. The standard InChI is InChI=1S/C13H18N2O/c1-8(2)16-12-6-4-5-11-13(12)10(7-15-11)9(3)14/h4-9,15H,14H2,1-3H3/t9-/m0/s1. The van der Waals surface area contributed by atoms with E-state index in [-0.39, 0.29) is 12.1 Å². The molecule has 0 fully saturated rings. The fourth-order valence-electron chi connectivity index (χ4n) is 1.89. The van der Waals surface area contributed by atoms with Crippen molar-refractivity contribution < 1.29 is 4.74 Å². The normalized spacial score (nSPS) is 13.3. The van der Waals surface area contributed by atoms with Crippen LogP contribution in [0.15, 0.2) is 24.4 Å². The van der Waals surface area contributed by atoms with E-state index in [9.17, 15) is 0 Å². The zero-order valence-electron chi connectivity index (χ0n) is 9.95. The Morgan fingerprint density at radius 3 is 2.62 bits per heavy atom. The third-order valence-electron chi connectivity index (χ3n) is 2.55. The maximum absolute atomic E-state index is 5.95. The summed E-state index contributed by atoms with van der Waals surface area (Å²) in [6.45, 7) is 6.03. The molecule has 3 heteroatoms. The Morgan fingerprint density at radius 1 is 1.25 bits per heavy atom. The molecule has 2 rings (SSSR count). The van der Waals surface area contributed by atoms with E-state index in [0.29, 0.717) is 0 Å². The number of ether oxygens (including phenoxy) is 1. The van der Waals surface area contributed by atoms with Gasteiger partial charge in [-0.05, 0) is 38.5 Å². The Kier molecular flexibility index (Phi) is 2.88. The molecule has 16 heavy (non-hydrogen) atoms. The van der Waals surface area contributed by atoms with Crippen molar-refractivity contribution in [3.8, 4) is 5.75 Å². The second-order valence-corrected chi connectivity index (χ2v) is 4.38. The fourth-order valence-corrected chi connectivity index (χ4v) is 1.89. The zero-order chi connectivity index (χ0) is 11.7. The lowest BCUT2D eigenvalue weighted by atomic mass is 10.1. The molecule has 3 nitrogen and oxygen atoms in total. The van der Waals surface area contributed by atoms with Crippen LogP contribution in [-0.4, -0.2) is 11.1 Å². The van der Waals surface area contributed by atoms with Crippen molar-refractivity contribution >= 4 is 10.9 Å². The summed E-state index contributed by atoms with van der Waals surface area (Å²) in [5.41, 5.74) is 8.13. The molecule has 0 saturated heterocycles. The summed E-state index contributed by atoms with van der Waals surface area (Å²) >= 11 is 0. The Balaban J connectivity index is 2.59. The molecule has 0 aliphatic rings. The summed E-state index contributed by atoms with van der Waals surface area (Å²) in [6, 6.07) is 6.02. The molecule has 0 spiro atoms. The van der Waals surface area contributed by atoms with Gasteiger partial charge in [0.25, 0.3) is 0 Å². The van der Waals surface area contributed by atoms with Gasteiger partial charge in [-0.15, -0.1) is 0 Å². The summed E-state index contributed by atoms with van der Waals surface area (Å²) in [5.74, 6) is 0.904. The first-order chi connectivity index (χ1) is 7.59. The van der Waals surface area contributed by atoms with Gasteiger partial charge in [0.1, 0.15) is 5.75 Å². The molecule has 3 N–H and O–H groups in total. The second-order valence-electron chi connectivity index (χ2n) is 4.38. The van der Waals surface area contributed by atoms with Crippen molar-refractivity contribution in [2.75, 3.05) is 0 Å². The molecule has 1 heterocycles. The van der Waals surface area contributed by atoms with E-state index in [4.69, 9.17) is 10.5 Å². The smallest absolute Gasteiger partial charge is 0.129 e. The van der Waals surface area contributed by atoms with Crippen molar-refractivity contribution in [2.24, 2.45) is 5.73 Å². The maximum Gasteiger partial charge on any atom is 0.129 e. The van der Waals surface area contributed by atoms with Crippen LogP contribution in [0.3, 0.4) is 0 Å². The van der Waals surface area contributed by atoms with E-state index < -0.39 is 0 Å². The molecule has 1 aromatic heterocycles. The van der Waals surface area contributed by atoms with Crippen LogP contribution >= 0.6 is 0 Å². The van der Waals surface area contributed by atoms with Gasteiger partial charge in [-0.2, -0.15) is 0 Å². The number of rotatable bonds is 3. The van der Waals surface area contributed by atoms with E-state index >= 15 is 0 Å². The highest BCUT2D eigenvalue weighted by atomic mass is 16.5. The molecule has 2 aromatic rings. The topological polar surface area (TPSA) is 51.0 Å². The highest BCUT2D eigenvalue weighted by molar-refractivity contribution is 5.89. The number of fused-ring (bicyclic) bond motifs is 1. The number of aromatic nitrogens is 1. The summed E-state index contributed by atoms with van der Waals surface area (Å²) < 4.78 is 5.80. The average Bonchev–Trinajstić information content (AvgIpc) is 2.61. The summed E-state index contributed by atoms with van der Waals surface area (Å²) in [7, 11) is 0. The Hall–Kier alpha value is -1.48. The van der Waals surface area contributed by atoms with Gasteiger partial charge in [-0.1, -0.05) is 6.07 Å². The highest BCUT2D eigenvalue weighted by Gasteiger charge is 2.12. The molecule has 0 amide bonds. The monoisotopic (exact) mass is 218 g/mol. The van der Waals surface area contributed by atoms with Gasteiger partial charge >= 0.3 is 0 Å². The minimum atomic E-state index is 0.00524. The van der Waals surface area contributed by atoms with Crippen LogP contribution < -0.4 is 10.5 Å². The van der Waals surface area contributed by atoms with E-state index in [1.54, 1.807) is 0 Å². The van der Waals surface area contributed by atoms with Crippen LogP contribution in [0, 0.1) is 0 Å². The SMILES string of the molecule is CC(C)Oc1cccc2[nH]cc([C@H](C)N)c12. The predicted octanol–water partition coefficient (Wildman–Crippen LogP) is 2.97. The first kappa shape index (κ1) is 11.0. The van der Waals surface area contributed by atoms with Gasteiger partial charge in [0, 0.05) is 23.1 Å². The number of nitrogens with two attached hydrogens (primary N) is 1. The molecule has 0 bridgehead atoms. The molecule has 86 valence electrons. The number of H-pyrrole nitrogens is 1. The third kappa shape index (κ3) is 1.91. The van der Waals surface area contributed by atoms with Gasteiger partial charge in [-0.25, -0.2) is 0 Å². The van der Waals surface area contributed by atoms with Crippen molar-refractivity contribution in [3.63, 3.8) is 0 Å². The van der Waals surface area contributed by atoms with Crippen molar-refractivity contribution in [3.05, 3.63) is 30.0 Å². The lowest BCUT2D eigenvalue weighted by Crippen LogP contribution is -2.08. The lowest BCUT2D eigenvalue weighted by Gasteiger charge is -2.12. The number of benzene rings is 1. The van der Waals surface area contributed by atoms with Crippen LogP contribution in [0.25, 0.3) is 10.9 Å². The zero-order valence-corrected chi connectivity index (χ0v) is 9.95. The summed E-state index contributed by atoms with van der Waals surface area (Å²) in [5, 5.41) is 1.10. The van der Waals surface area contributed by atoms with E-state index in [1.807, 2.05) is 45.2 Å². The quantitative estimate of drug-likeness (QED) is 0.832. The molecule has 0 unspecified atom stereocenters. The number of hydrogen-bond acceptors (Lipinski definition) is 2. The van der Waals surface area contributed by atoms with Gasteiger partial charge in [0.2, 0.25) is 0 Å². The first-order valence-corrected chi connectivity index (χ1v) is 5.62. The van der Waals surface area contributed by atoms with E-state index in [1.165, 1.54) is 0 Å². The molecular formula is C13H18N2O. The summed E-state index contributed by atoms with van der Waals surface area (Å²) in [6.07, 6.45) is 2.13. The van der Waals surface area contributed by atoms with Gasteiger partial charge in [-0.3, -0.25) is 0 Å². The fraction of sp³-hybridized carbons (Fsp3) is 0.385. The summed E-state index contributed by atoms with van der Waals surface area (Å²) in [4.78, 5) is 3.22. The number of nitrogens with one attached hydrogen (secondary N) is 1. The van der Waals surface area contributed by atoms with Gasteiger partial charge in [0.05, 0.1) is 6.10 Å². The Labute approximate surface area is 95.6 Å². The van der Waals surface area contributed by atoms with E-state index in [0.717, 1.165) is 22.2 Å². The maximum atomic E-state index is 5.95. The lowest BCUT2D eigenvalue weighted by molar-refractivity contribution is 0.245.